The summed E-state index contributed by atoms with van der Waals surface area (Å²) < 4.78 is 0. The van der Waals surface area contributed by atoms with Crippen molar-refractivity contribution in [2.45, 2.75) is 6.42 Å². The average molecular weight is 338 g/mol. The predicted octanol–water partition coefficient (Wildman–Crippen LogP) is 1.58. The van der Waals surface area contributed by atoms with E-state index in [2.05, 4.69) is 10.3 Å². The first kappa shape index (κ1) is 17.1. The molecule has 1 aromatic carbocycles. The van der Waals surface area contributed by atoms with E-state index in [1.807, 2.05) is 43.3 Å². The Morgan fingerprint density at radius 1 is 1.24 bits per heavy atom. The fourth-order valence-electron chi connectivity index (χ4n) is 2.87. The van der Waals surface area contributed by atoms with Crippen LogP contribution in [0.2, 0.25) is 0 Å². The number of nitrogens with one attached hydrogen (secondary N) is 1. The van der Waals surface area contributed by atoms with Crippen molar-refractivity contribution in [2.24, 2.45) is 0 Å². The zero-order valence-corrected chi connectivity index (χ0v) is 14.5. The van der Waals surface area contributed by atoms with E-state index in [0.29, 0.717) is 18.7 Å². The molecule has 0 unspecified atom stereocenters. The lowest BCUT2D eigenvalue weighted by Gasteiger charge is -2.17. The van der Waals surface area contributed by atoms with Gasteiger partial charge in [-0.2, -0.15) is 0 Å². The van der Waals surface area contributed by atoms with E-state index in [4.69, 9.17) is 0 Å². The summed E-state index contributed by atoms with van der Waals surface area (Å²) in [5.74, 6) is -0.368. The molecule has 0 radical (unpaired) electrons. The molecule has 0 saturated heterocycles. The minimum Gasteiger partial charge on any atom is -0.351 e. The van der Waals surface area contributed by atoms with E-state index in [1.54, 1.807) is 17.0 Å². The molecule has 6 heteroatoms. The summed E-state index contributed by atoms with van der Waals surface area (Å²) in [7, 11) is 3.90. The smallest absolute Gasteiger partial charge is 0.276 e. The maximum atomic E-state index is 12.8. The molecule has 1 aliphatic heterocycles. The van der Waals surface area contributed by atoms with Gasteiger partial charge in [-0.1, -0.05) is 18.2 Å². The topological polar surface area (TPSA) is 65.5 Å². The zero-order chi connectivity index (χ0) is 17.8. The summed E-state index contributed by atoms with van der Waals surface area (Å²) in [6, 6.07) is 11.1. The summed E-state index contributed by atoms with van der Waals surface area (Å²) in [4.78, 5) is 32.9. The van der Waals surface area contributed by atoms with Gasteiger partial charge in [-0.3, -0.25) is 14.6 Å². The first-order valence-corrected chi connectivity index (χ1v) is 8.35. The number of nitrogens with zero attached hydrogens (tertiary/aromatic N) is 3. The molecule has 0 atom stereocenters. The van der Waals surface area contributed by atoms with Gasteiger partial charge in [-0.05, 0) is 44.3 Å². The van der Waals surface area contributed by atoms with Crippen LogP contribution in [0, 0.1) is 0 Å². The van der Waals surface area contributed by atoms with Gasteiger partial charge in [0.05, 0.1) is 0 Å². The van der Waals surface area contributed by atoms with Crippen molar-refractivity contribution >= 4 is 17.5 Å². The van der Waals surface area contributed by atoms with Crippen LogP contribution in [0.25, 0.3) is 0 Å². The maximum absolute atomic E-state index is 12.8. The normalized spacial score (nSPS) is 13.0. The quantitative estimate of drug-likeness (QED) is 0.899. The average Bonchev–Trinajstić information content (AvgIpc) is 3.05. The van der Waals surface area contributed by atoms with Gasteiger partial charge in [-0.25, -0.2) is 0 Å². The van der Waals surface area contributed by atoms with Gasteiger partial charge in [0.25, 0.3) is 11.8 Å². The Labute approximate surface area is 147 Å². The molecule has 1 aromatic heterocycles. The van der Waals surface area contributed by atoms with Gasteiger partial charge in [0.1, 0.15) is 5.69 Å². The molecule has 1 aliphatic rings. The number of hydrogen-bond acceptors (Lipinski definition) is 4. The number of pyridine rings is 1. The van der Waals surface area contributed by atoms with Crippen molar-refractivity contribution < 1.29 is 9.59 Å². The van der Waals surface area contributed by atoms with Gasteiger partial charge in [0.15, 0.2) is 0 Å². The summed E-state index contributed by atoms with van der Waals surface area (Å²) >= 11 is 0. The molecule has 0 spiro atoms. The van der Waals surface area contributed by atoms with Gasteiger partial charge in [0.2, 0.25) is 0 Å². The predicted molar refractivity (Wildman–Crippen MR) is 96.9 cm³/mol. The molecule has 3 rings (SSSR count). The van der Waals surface area contributed by atoms with Crippen LogP contribution in [0.1, 0.15) is 26.4 Å². The number of hydrogen-bond donors (Lipinski definition) is 1. The summed E-state index contributed by atoms with van der Waals surface area (Å²) in [6.07, 6.45) is 2.35. The Kier molecular flexibility index (Phi) is 5.09. The lowest BCUT2D eigenvalue weighted by Crippen LogP contribution is -2.32. The lowest BCUT2D eigenvalue weighted by molar-refractivity contribution is 0.0951. The number of amides is 2. The Morgan fingerprint density at radius 2 is 2.04 bits per heavy atom. The Hall–Kier alpha value is -2.73. The maximum Gasteiger partial charge on any atom is 0.276 e. The molecular formula is C19H22N4O2. The number of carbonyl (C=O) groups is 2. The number of likely N-dealkylation sites (N-methyl/N-ethyl adjacent to an activating group) is 1. The molecule has 1 N–H and O–H groups in total. The molecule has 0 fully saturated rings. The second kappa shape index (κ2) is 7.44. The van der Waals surface area contributed by atoms with Crippen LogP contribution in [0.3, 0.4) is 0 Å². The standard InChI is InChI=1S/C19H22N4O2/c1-22(2)12-10-21-18(24)15-7-9-20-16(13-15)19(25)23-11-8-14-5-3-4-6-17(14)23/h3-7,9,13H,8,10-12H2,1-2H3,(H,21,24). The van der Waals surface area contributed by atoms with E-state index in [0.717, 1.165) is 24.2 Å². The molecule has 130 valence electrons. The van der Waals surface area contributed by atoms with Gasteiger partial charge < -0.3 is 15.1 Å². The van der Waals surface area contributed by atoms with E-state index < -0.39 is 0 Å². The van der Waals surface area contributed by atoms with Crippen molar-refractivity contribution in [3.8, 4) is 0 Å². The fourth-order valence-corrected chi connectivity index (χ4v) is 2.87. The van der Waals surface area contributed by atoms with Crippen molar-refractivity contribution in [3.63, 3.8) is 0 Å². The van der Waals surface area contributed by atoms with E-state index in [9.17, 15) is 9.59 Å². The molecule has 0 bridgehead atoms. The first-order valence-electron chi connectivity index (χ1n) is 8.35. The van der Waals surface area contributed by atoms with Crippen LogP contribution in [0.15, 0.2) is 42.6 Å². The zero-order valence-electron chi connectivity index (χ0n) is 14.5. The number of para-hydroxylation sites is 1. The van der Waals surface area contributed by atoms with Crippen LogP contribution in [0.4, 0.5) is 5.69 Å². The van der Waals surface area contributed by atoms with Crippen molar-refractivity contribution in [3.05, 3.63) is 59.4 Å². The Balaban J connectivity index is 1.73. The second-order valence-electron chi connectivity index (χ2n) is 6.32. The van der Waals surface area contributed by atoms with Crippen molar-refractivity contribution in [1.29, 1.82) is 0 Å². The molecule has 0 saturated carbocycles. The molecule has 2 heterocycles. The highest BCUT2D eigenvalue weighted by Crippen LogP contribution is 2.28. The first-order chi connectivity index (χ1) is 12.1. The van der Waals surface area contributed by atoms with Gasteiger partial charge >= 0.3 is 0 Å². The van der Waals surface area contributed by atoms with Crippen LogP contribution in [-0.2, 0) is 6.42 Å². The van der Waals surface area contributed by atoms with Crippen LogP contribution in [-0.4, -0.2) is 55.4 Å². The summed E-state index contributed by atoms with van der Waals surface area (Å²) in [5.41, 5.74) is 2.82. The highest BCUT2D eigenvalue weighted by Gasteiger charge is 2.26. The number of aromatic nitrogens is 1. The van der Waals surface area contributed by atoms with Crippen molar-refractivity contribution in [1.82, 2.24) is 15.2 Å². The largest absolute Gasteiger partial charge is 0.351 e. The van der Waals surface area contributed by atoms with E-state index in [-0.39, 0.29) is 17.5 Å². The van der Waals surface area contributed by atoms with E-state index in [1.165, 1.54) is 6.20 Å². The highest BCUT2D eigenvalue weighted by molar-refractivity contribution is 6.07. The second-order valence-corrected chi connectivity index (χ2v) is 6.32. The summed E-state index contributed by atoms with van der Waals surface area (Å²) in [6.45, 7) is 1.95. The van der Waals surface area contributed by atoms with Gasteiger partial charge in [-0.15, -0.1) is 0 Å². The molecule has 25 heavy (non-hydrogen) atoms. The monoisotopic (exact) mass is 338 g/mol. The fraction of sp³-hybridized carbons (Fsp3) is 0.316. The molecule has 2 aromatic rings. The number of anilines is 1. The third-order valence-electron chi connectivity index (χ3n) is 4.22. The van der Waals surface area contributed by atoms with Gasteiger partial charge in [0, 0.05) is 37.1 Å². The Bertz CT molecular complexity index is 788. The summed E-state index contributed by atoms with van der Waals surface area (Å²) in [5, 5.41) is 2.85. The molecule has 2 amide bonds. The number of benzene rings is 1. The molecule has 6 nitrogen and oxygen atoms in total. The van der Waals surface area contributed by atoms with Crippen LogP contribution >= 0.6 is 0 Å². The minimum atomic E-state index is -0.194. The number of fused-ring (bicyclic) bond motifs is 1. The van der Waals surface area contributed by atoms with Crippen molar-refractivity contribution in [2.75, 3.05) is 38.6 Å². The van der Waals surface area contributed by atoms with E-state index >= 15 is 0 Å². The highest BCUT2D eigenvalue weighted by atomic mass is 16.2. The third kappa shape index (κ3) is 3.85. The minimum absolute atomic E-state index is 0.173. The SMILES string of the molecule is CN(C)CCNC(=O)c1ccnc(C(=O)N2CCc3ccccc32)c1. The third-order valence-corrected chi connectivity index (χ3v) is 4.22. The van der Waals surface area contributed by atoms with Crippen LogP contribution in [0.5, 0.6) is 0 Å². The number of carbonyl (C=O) groups excluding carboxylic acids is 2. The number of rotatable bonds is 5. The molecule has 0 aliphatic carbocycles. The Morgan fingerprint density at radius 3 is 2.84 bits per heavy atom. The lowest BCUT2D eigenvalue weighted by atomic mass is 10.1. The molecular weight excluding hydrogens is 316 g/mol. The van der Waals surface area contributed by atoms with Crippen LogP contribution < -0.4 is 10.2 Å².